The number of benzene rings is 3. The molecule has 8 fully saturated rings. The van der Waals surface area contributed by atoms with Crippen molar-refractivity contribution in [2.45, 2.75) is 125 Å². The highest BCUT2D eigenvalue weighted by Gasteiger charge is 2.53. The Hall–Kier alpha value is -5.80. The zero-order valence-electron chi connectivity index (χ0n) is 43.1. The van der Waals surface area contributed by atoms with Crippen LogP contribution in [-0.4, -0.2) is 153 Å². The molecule has 9 aliphatic rings. The molecule has 406 valence electrons. The van der Waals surface area contributed by atoms with Gasteiger partial charge in [0.2, 0.25) is 27.6 Å². The van der Waals surface area contributed by atoms with E-state index in [0.29, 0.717) is 82.8 Å². The van der Waals surface area contributed by atoms with Crippen LogP contribution in [0.4, 0.5) is 4.39 Å². The Balaban J connectivity index is 0.645. The Bertz CT molecular complexity index is 2860. The summed E-state index contributed by atoms with van der Waals surface area (Å²) in [6, 6.07) is 19.1. The van der Waals surface area contributed by atoms with Gasteiger partial charge in [0.1, 0.15) is 18.5 Å². The van der Waals surface area contributed by atoms with Crippen molar-refractivity contribution in [3.05, 3.63) is 106 Å². The lowest BCUT2D eigenvalue weighted by Gasteiger charge is -2.53. The van der Waals surface area contributed by atoms with E-state index in [1.807, 2.05) is 47.4 Å². The van der Waals surface area contributed by atoms with Gasteiger partial charge in [-0.05, 0) is 106 Å². The fraction of sp³-hybridized carbons (Fsp3) is 0.571. The number of halogens is 1. The number of fused-ring (bicyclic) bond motifs is 5. The second kappa shape index (κ2) is 21.6. The molecule has 1 spiro atoms. The van der Waals surface area contributed by atoms with Crippen LogP contribution in [0.25, 0.3) is 0 Å². The van der Waals surface area contributed by atoms with Crippen molar-refractivity contribution in [1.29, 1.82) is 0 Å². The van der Waals surface area contributed by atoms with Crippen molar-refractivity contribution in [1.82, 2.24) is 40.8 Å². The minimum absolute atomic E-state index is 0.0287. The average Bonchev–Trinajstić information content (AvgIpc) is 4.45. The maximum absolute atomic E-state index is 15.2. The van der Waals surface area contributed by atoms with E-state index in [1.54, 1.807) is 28.0 Å². The SMILES string of the molecule is O=C(N[C@@H](C(=O)NS(=O)(=O)CC12CCC(NCC(=O)N3CCN(C(=O)c4cc(CC5=NNC6(CO6)c6ccccc65)ccc4F)CC3)(CC1)CO2)C1CCCCC1)c1cccc([C@H]2CCCN(C(=O)CNC3CC3)C2)c1. The molecule has 3 atom stereocenters. The van der Waals surface area contributed by atoms with Gasteiger partial charge in [-0.15, -0.1) is 0 Å². The number of ether oxygens (including phenoxy) is 2. The quantitative estimate of drug-likeness (QED) is 0.122. The maximum atomic E-state index is 15.2. The Labute approximate surface area is 443 Å². The van der Waals surface area contributed by atoms with Crippen molar-refractivity contribution in [3.8, 4) is 0 Å². The number of nitrogens with zero attached hydrogens (tertiary/aromatic N) is 4. The van der Waals surface area contributed by atoms with Crippen LogP contribution in [0.2, 0.25) is 0 Å². The van der Waals surface area contributed by atoms with Gasteiger partial charge in [-0.3, -0.25) is 34.1 Å². The van der Waals surface area contributed by atoms with Crippen LogP contribution in [0.3, 0.4) is 0 Å². The number of likely N-dealkylation sites (tertiary alicyclic amines) is 1. The molecule has 3 saturated carbocycles. The van der Waals surface area contributed by atoms with Gasteiger partial charge in [-0.25, -0.2) is 12.8 Å². The number of epoxide rings is 1. The first-order valence-electron chi connectivity index (χ1n) is 27.5. The first kappa shape index (κ1) is 52.3. The summed E-state index contributed by atoms with van der Waals surface area (Å²) in [5.74, 6) is -2.90. The molecule has 76 heavy (non-hydrogen) atoms. The van der Waals surface area contributed by atoms with Gasteiger partial charge in [-0.2, -0.15) is 5.10 Å². The lowest BCUT2D eigenvalue weighted by atomic mass is 9.72. The molecule has 5 N–H and O–H groups in total. The minimum atomic E-state index is -4.21. The predicted molar refractivity (Wildman–Crippen MR) is 280 cm³/mol. The summed E-state index contributed by atoms with van der Waals surface area (Å²) in [6.45, 7) is 3.41. The van der Waals surface area contributed by atoms with E-state index in [2.05, 4.69) is 31.2 Å². The zero-order valence-corrected chi connectivity index (χ0v) is 43.9. The third kappa shape index (κ3) is 11.6. The monoisotopic (exact) mass is 1060 g/mol. The Morgan fingerprint density at radius 3 is 2.26 bits per heavy atom. The summed E-state index contributed by atoms with van der Waals surface area (Å²) < 4.78 is 57.4. The first-order valence-corrected chi connectivity index (χ1v) is 29.1. The van der Waals surface area contributed by atoms with Gasteiger partial charge in [0.15, 0.2) is 0 Å². The number of sulfonamides is 1. The normalized spacial score (nSPS) is 26.7. The standard InChI is InChI=1S/C56H70FN9O9S/c57-46-18-15-37(29-47-43-13-4-5-14-45(43)56(35-75-56)63-61-47)28-44(46)53(71)65-26-24-64(25-27-65)49(68)32-59-54-19-21-55(22-20-54,74-34-54)36-76(72,73)62-52(70)50(38-8-2-1-3-9-38)60-51(69)40-11-6-10-39(30-40)41-12-7-23-66(33-41)48(67)31-58-42-16-17-42/h4-6,10-11,13-15,18,28,30,38,41-42,50,58-59,63H,1-3,7-9,12,16-17,19-27,29,31-36H2,(H,60,69)(H,62,70)/t41-,50+,54?,55?,56?/m0/s1. The van der Waals surface area contributed by atoms with Crippen LogP contribution < -0.4 is 26.1 Å². The van der Waals surface area contributed by atoms with Crippen molar-refractivity contribution >= 4 is 45.3 Å². The molecule has 18 nitrogen and oxygen atoms in total. The van der Waals surface area contributed by atoms with E-state index in [9.17, 15) is 32.4 Å². The molecule has 5 saturated heterocycles. The number of amides is 5. The average molecular weight is 1060 g/mol. The van der Waals surface area contributed by atoms with Crippen LogP contribution >= 0.6 is 0 Å². The minimum Gasteiger partial charge on any atom is -0.372 e. The molecule has 2 bridgehead atoms. The Morgan fingerprint density at radius 2 is 1.53 bits per heavy atom. The second-order valence-electron chi connectivity index (χ2n) is 22.6. The maximum Gasteiger partial charge on any atom is 0.256 e. The van der Waals surface area contributed by atoms with E-state index in [1.165, 1.54) is 6.07 Å². The number of hydrogen-bond donors (Lipinski definition) is 5. The zero-order chi connectivity index (χ0) is 52.7. The molecular formula is C56H70FN9O9S. The fourth-order valence-corrected chi connectivity index (χ4v) is 14.0. The predicted octanol–water partition coefficient (Wildman–Crippen LogP) is 3.80. The Kier molecular flexibility index (Phi) is 14.8. The molecule has 1 unspecified atom stereocenters. The second-order valence-corrected chi connectivity index (χ2v) is 24.4. The molecule has 0 aromatic heterocycles. The highest BCUT2D eigenvalue weighted by Crippen LogP contribution is 2.45. The number of nitrogens with one attached hydrogen (secondary N) is 5. The summed E-state index contributed by atoms with van der Waals surface area (Å²) >= 11 is 0. The van der Waals surface area contributed by atoms with Gasteiger partial charge in [-0.1, -0.05) is 61.7 Å². The smallest absolute Gasteiger partial charge is 0.256 e. The number of carbonyl (C=O) groups excluding carboxylic acids is 5. The Morgan fingerprint density at radius 1 is 0.776 bits per heavy atom. The van der Waals surface area contributed by atoms with E-state index in [0.717, 1.165) is 72.9 Å². The molecule has 12 rings (SSSR count). The van der Waals surface area contributed by atoms with Crippen LogP contribution in [0.15, 0.2) is 71.8 Å². The first-order chi connectivity index (χ1) is 36.7. The molecule has 6 heterocycles. The number of hydrogen-bond acceptors (Lipinski definition) is 13. The van der Waals surface area contributed by atoms with Gasteiger partial charge < -0.3 is 40.1 Å². The van der Waals surface area contributed by atoms with Crippen LogP contribution in [0.1, 0.15) is 132 Å². The van der Waals surface area contributed by atoms with Gasteiger partial charge in [0.05, 0.1) is 42.3 Å². The van der Waals surface area contributed by atoms with Crippen molar-refractivity contribution in [2.75, 3.05) is 71.3 Å². The molecule has 0 radical (unpaired) electrons. The number of hydrazone groups is 1. The highest BCUT2D eigenvalue weighted by atomic mass is 32.2. The number of carbonyl (C=O) groups is 5. The summed E-state index contributed by atoms with van der Waals surface area (Å²) in [5, 5.41) is 14.3. The molecule has 3 aromatic carbocycles. The van der Waals surface area contributed by atoms with E-state index in [-0.39, 0.29) is 68.5 Å². The van der Waals surface area contributed by atoms with Gasteiger partial charge in [0, 0.05) is 79.9 Å². The van der Waals surface area contributed by atoms with Crippen LogP contribution in [-0.2, 0) is 46.0 Å². The topological polar surface area (TPSA) is 223 Å². The summed E-state index contributed by atoms with van der Waals surface area (Å²) in [4.78, 5) is 73.5. The molecule has 3 aliphatic carbocycles. The molecule has 3 aromatic rings. The van der Waals surface area contributed by atoms with Crippen molar-refractivity contribution in [2.24, 2.45) is 11.0 Å². The van der Waals surface area contributed by atoms with E-state index < -0.39 is 62.2 Å². The fourth-order valence-electron chi connectivity index (χ4n) is 12.4. The number of rotatable bonds is 17. The van der Waals surface area contributed by atoms with Gasteiger partial charge in [0.25, 0.3) is 17.7 Å². The van der Waals surface area contributed by atoms with Crippen molar-refractivity contribution < 1.29 is 46.3 Å². The largest absolute Gasteiger partial charge is 0.372 e. The summed E-state index contributed by atoms with van der Waals surface area (Å²) in [7, 11) is -4.21. The summed E-state index contributed by atoms with van der Waals surface area (Å²) in [5.41, 5.74) is 5.72. The molecule has 5 amide bonds. The third-order valence-corrected chi connectivity index (χ3v) is 18.7. The third-order valence-electron chi connectivity index (χ3n) is 17.3. The molecular weight excluding hydrogens is 994 g/mol. The van der Waals surface area contributed by atoms with E-state index >= 15 is 4.39 Å². The molecule has 20 heteroatoms. The van der Waals surface area contributed by atoms with Crippen LogP contribution in [0.5, 0.6) is 0 Å². The number of piperazine rings is 1. The number of piperidine rings is 1. The lowest BCUT2D eigenvalue weighted by Crippen LogP contribution is -2.65. The highest BCUT2D eigenvalue weighted by molar-refractivity contribution is 7.90. The van der Waals surface area contributed by atoms with E-state index in [4.69, 9.17) is 9.47 Å². The lowest BCUT2D eigenvalue weighted by molar-refractivity contribution is -0.152. The molecule has 6 aliphatic heterocycles. The van der Waals surface area contributed by atoms with Gasteiger partial charge >= 0.3 is 0 Å². The van der Waals surface area contributed by atoms with Crippen molar-refractivity contribution in [3.63, 3.8) is 0 Å². The van der Waals surface area contributed by atoms with Crippen LogP contribution in [0, 0.1) is 11.7 Å². The summed E-state index contributed by atoms with van der Waals surface area (Å²) in [6.07, 6.45) is 10.4.